The van der Waals surface area contributed by atoms with Gasteiger partial charge in [0.25, 0.3) is 0 Å². The van der Waals surface area contributed by atoms with E-state index < -0.39 is 0 Å². The van der Waals surface area contributed by atoms with Gasteiger partial charge in [0.15, 0.2) is 5.78 Å². The fourth-order valence-electron chi connectivity index (χ4n) is 2.09. The van der Waals surface area contributed by atoms with Crippen LogP contribution in [0.4, 0.5) is 5.69 Å². The number of hydrogen-bond acceptors (Lipinski definition) is 2. The zero-order chi connectivity index (χ0) is 11.2. The Labute approximate surface area is 98.8 Å². The van der Waals surface area contributed by atoms with Gasteiger partial charge in [-0.05, 0) is 24.6 Å². The number of benzene rings is 1. The molecule has 2 rings (SSSR count). The molecule has 1 atom stereocenters. The fraction of sp³-hybridized carbons (Fsp3) is 0.364. The monoisotopic (exact) mass is 243 g/mol. The Morgan fingerprint density at radius 3 is 2.73 bits per heavy atom. The lowest BCUT2D eigenvalue weighted by Gasteiger charge is -2.20. The Balaban J connectivity index is 2.49. The highest BCUT2D eigenvalue weighted by Gasteiger charge is 2.31. The molecule has 1 heterocycles. The van der Waals surface area contributed by atoms with Crippen LogP contribution in [0.2, 0.25) is 10.0 Å². The van der Waals surface area contributed by atoms with Crippen LogP contribution >= 0.6 is 23.2 Å². The van der Waals surface area contributed by atoms with Gasteiger partial charge < -0.3 is 4.90 Å². The van der Waals surface area contributed by atoms with Crippen LogP contribution < -0.4 is 4.90 Å². The lowest BCUT2D eigenvalue weighted by molar-refractivity contribution is -0.118. The number of anilines is 1. The minimum absolute atomic E-state index is 0.101. The number of carbonyl (C=O) groups excluding carboxylic acids is 1. The highest BCUT2D eigenvalue weighted by molar-refractivity contribution is 6.36. The van der Waals surface area contributed by atoms with Crippen LogP contribution in [-0.2, 0) is 11.2 Å². The molecule has 2 nitrogen and oxygen atoms in total. The fourth-order valence-corrected chi connectivity index (χ4v) is 2.76. The molecule has 1 aromatic rings. The molecule has 0 aliphatic carbocycles. The zero-order valence-electron chi connectivity index (χ0n) is 8.55. The van der Waals surface area contributed by atoms with Gasteiger partial charge in [-0.2, -0.15) is 0 Å². The Morgan fingerprint density at radius 1 is 1.47 bits per heavy atom. The first-order chi connectivity index (χ1) is 7.00. The quantitative estimate of drug-likeness (QED) is 0.756. The van der Waals surface area contributed by atoms with Crippen LogP contribution in [0, 0.1) is 0 Å². The van der Waals surface area contributed by atoms with Crippen molar-refractivity contribution in [3.63, 3.8) is 0 Å². The van der Waals surface area contributed by atoms with E-state index >= 15 is 0 Å². The van der Waals surface area contributed by atoms with Crippen molar-refractivity contribution in [3.8, 4) is 0 Å². The summed E-state index contributed by atoms with van der Waals surface area (Å²) in [5, 5.41) is 1.24. The maximum absolute atomic E-state index is 11.4. The molecule has 0 fully saturated rings. The van der Waals surface area contributed by atoms with Crippen LogP contribution in [0.3, 0.4) is 0 Å². The molecule has 0 saturated heterocycles. The molecule has 0 radical (unpaired) electrons. The molecule has 80 valence electrons. The van der Waals surface area contributed by atoms with Gasteiger partial charge in [0.1, 0.15) is 0 Å². The number of ketones is 1. The van der Waals surface area contributed by atoms with E-state index in [-0.39, 0.29) is 11.8 Å². The Bertz CT molecular complexity index is 431. The molecular formula is C11H11Cl2NO. The summed E-state index contributed by atoms with van der Waals surface area (Å²) in [6, 6.07) is 3.49. The van der Waals surface area contributed by atoms with Gasteiger partial charge in [-0.15, -0.1) is 0 Å². The first-order valence-corrected chi connectivity index (χ1v) is 5.47. The molecule has 0 aromatic heterocycles. The molecule has 0 amide bonds. The number of rotatable bonds is 1. The lowest BCUT2D eigenvalue weighted by Crippen LogP contribution is -2.34. The largest absolute Gasteiger partial charge is 0.363 e. The van der Waals surface area contributed by atoms with Crippen molar-refractivity contribution in [1.82, 2.24) is 0 Å². The Hall–Kier alpha value is -0.730. The van der Waals surface area contributed by atoms with Gasteiger partial charge >= 0.3 is 0 Å². The van der Waals surface area contributed by atoms with Crippen molar-refractivity contribution in [2.75, 3.05) is 11.9 Å². The normalized spacial score (nSPS) is 19.2. The second-order valence-electron chi connectivity index (χ2n) is 3.84. The molecule has 1 aliphatic heterocycles. The number of likely N-dealkylation sites (N-methyl/N-ethyl adjacent to an activating group) is 1. The Morgan fingerprint density at radius 2 is 2.13 bits per heavy atom. The van der Waals surface area contributed by atoms with Gasteiger partial charge in [0, 0.05) is 18.5 Å². The first-order valence-electron chi connectivity index (χ1n) is 4.72. The van der Waals surface area contributed by atoms with Gasteiger partial charge in [-0.25, -0.2) is 0 Å². The van der Waals surface area contributed by atoms with Crippen LogP contribution in [0.5, 0.6) is 0 Å². The van der Waals surface area contributed by atoms with Crippen molar-refractivity contribution in [2.24, 2.45) is 0 Å². The van der Waals surface area contributed by atoms with Crippen molar-refractivity contribution >= 4 is 34.7 Å². The maximum Gasteiger partial charge on any atom is 0.152 e. The van der Waals surface area contributed by atoms with E-state index in [1.165, 1.54) is 0 Å². The summed E-state index contributed by atoms with van der Waals surface area (Å²) in [6.45, 7) is 1.60. The van der Waals surface area contributed by atoms with Gasteiger partial charge in [0.05, 0.1) is 16.8 Å². The van der Waals surface area contributed by atoms with Gasteiger partial charge in [-0.3, -0.25) is 4.79 Å². The highest BCUT2D eigenvalue weighted by atomic mass is 35.5. The summed E-state index contributed by atoms with van der Waals surface area (Å²) in [5.74, 6) is 0.154. The summed E-state index contributed by atoms with van der Waals surface area (Å²) in [5.41, 5.74) is 1.98. The first kappa shape index (κ1) is 10.8. The van der Waals surface area contributed by atoms with Crippen molar-refractivity contribution in [2.45, 2.75) is 19.4 Å². The zero-order valence-corrected chi connectivity index (χ0v) is 10.1. The molecular weight excluding hydrogens is 233 g/mol. The average molecular weight is 244 g/mol. The predicted octanol–water partition coefficient (Wildman–Crippen LogP) is 2.94. The van der Waals surface area contributed by atoms with E-state index in [2.05, 4.69) is 0 Å². The van der Waals surface area contributed by atoms with Crippen molar-refractivity contribution in [1.29, 1.82) is 0 Å². The molecule has 4 heteroatoms. The van der Waals surface area contributed by atoms with E-state index in [1.54, 1.807) is 13.0 Å². The van der Waals surface area contributed by atoms with Crippen LogP contribution in [0.1, 0.15) is 12.5 Å². The van der Waals surface area contributed by atoms with E-state index in [4.69, 9.17) is 23.2 Å². The molecule has 1 aliphatic rings. The summed E-state index contributed by atoms with van der Waals surface area (Å²) >= 11 is 12.0. The van der Waals surface area contributed by atoms with E-state index in [0.29, 0.717) is 16.5 Å². The van der Waals surface area contributed by atoms with Gasteiger partial charge in [-0.1, -0.05) is 23.2 Å². The van der Waals surface area contributed by atoms with Crippen molar-refractivity contribution < 1.29 is 4.79 Å². The molecule has 0 saturated carbocycles. The molecule has 1 unspecified atom stereocenters. The maximum atomic E-state index is 11.4. The highest BCUT2D eigenvalue weighted by Crippen LogP contribution is 2.39. The van der Waals surface area contributed by atoms with E-state index in [0.717, 1.165) is 11.3 Å². The second kappa shape index (κ2) is 3.69. The van der Waals surface area contributed by atoms with Gasteiger partial charge in [0.2, 0.25) is 0 Å². The molecule has 0 N–H and O–H groups in total. The number of nitrogens with zero attached hydrogens (tertiary/aromatic N) is 1. The molecule has 15 heavy (non-hydrogen) atoms. The average Bonchev–Trinajstić information content (AvgIpc) is 2.42. The predicted molar refractivity (Wildman–Crippen MR) is 63.0 cm³/mol. The summed E-state index contributed by atoms with van der Waals surface area (Å²) in [4.78, 5) is 13.3. The third-order valence-electron chi connectivity index (χ3n) is 2.81. The van der Waals surface area contributed by atoms with E-state index in [9.17, 15) is 4.79 Å². The summed E-state index contributed by atoms with van der Waals surface area (Å²) in [6.07, 6.45) is 0.696. The minimum atomic E-state index is -0.101. The topological polar surface area (TPSA) is 20.3 Å². The molecule has 0 bridgehead atoms. The van der Waals surface area contributed by atoms with Crippen molar-refractivity contribution in [3.05, 3.63) is 27.7 Å². The second-order valence-corrected chi connectivity index (χ2v) is 4.68. The third-order valence-corrected chi connectivity index (χ3v) is 3.32. The van der Waals surface area contributed by atoms with Crippen LogP contribution in [0.15, 0.2) is 12.1 Å². The number of Topliss-reactive ketones (excluding diaryl/α,β-unsaturated/α-hetero) is 1. The van der Waals surface area contributed by atoms with Crippen LogP contribution in [-0.4, -0.2) is 18.9 Å². The molecule has 0 spiro atoms. The summed E-state index contributed by atoms with van der Waals surface area (Å²) in [7, 11) is 1.89. The SMILES string of the molecule is CC(=O)C1Cc2cc(Cl)cc(Cl)c2N1C. The smallest absolute Gasteiger partial charge is 0.152 e. The minimum Gasteiger partial charge on any atom is -0.363 e. The van der Waals surface area contributed by atoms with E-state index in [1.807, 2.05) is 18.0 Å². The Kier molecular flexibility index (Phi) is 2.65. The molecule has 1 aromatic carbocycles. The summed E-state index contributed by atoms with van der Waals surface area (Å²) < 4.78 is 0. The van der Waals surface area contributed by atoms with Crippen LogP contribution in [0.25, 0.3) is 0 Å². The number of hydrogen-bond donors (Lipinski definition) is 0. The number of halogens is 2. The number of carbonyl (C=O) groups is 1. The lowest BCUT2D eigenvalue weighted by atomic mass is 10.1. The standard InChI is InChI=1S/C11H11Cl2NO/c1-6(15)10-4-7-3-8(12)5-9(13)11(7)14(10)2/h3,5,10H,4H2,1-2H3. The number of fused-ring (bicyclic) bond motifs is 1. The third kappa shape index (κ3) is 1.72.